The second-order valence-electron chi connectivity index (χ2n) is 9.95. The number of amides is 1. The maximum Gasteiger partial charge on any atom is 0.298 e. The lowest BCUT2D eigenvalue weighted by molar-refractivity contribution is -0.112. The van der Waals surface area contributed by atoms with Crippen LogP contribution in [-0.4, -0.2) is 58.5 Å². The van der Waals surface area contributed by atoms with Gasteiger partial charge in [0.25, 0.3) is 11.7 Å². The van der Waals surface area contributed by atoms with E-state index in [4.69, 9.17) is 4.74 Å². The summed E-state index contributed by atoms with van der Waals surface area (Å²) in [6, 6.07) is 17.1. The van der Waals surface area contributed by atoms with Crippen LogP contribution in [0.5, 0.6) is 5.75 Å². The summed E-state index contributed by atoms with van der Waals surface area (Å²) in [5.41, 5.74) is 4.36. The van der Waals surface area contributed by atoms with Gasteiger partial charge in [-0.25, -0.2) is 14.4 Å². The molecule has 1 amide bonds. The van der Waals surface area contributed by atoms with Crippen molar-refractivity contribution >= 4 is 29.0 Å². The van der Waals surface area contributed by atoms with Gasteiger partial charge < -0.3 is 24.4 Å². The number of halogens is 1. The number of ether oxygens (including phenoxy) is 1. The zero-order valence-electron chi connectivity index (χ0n) is 22.3. The summed E-state index contributed by atoms with van der Waals surface area (Å²) >= 11 is 0. The first-order valence-electron chi connectivity index (χ1n) is 13.3. The van der Waals surface area contributed by atoms with E-state index in [1.807, 2.05) is 61.3 Å². The number of hydrogen-bond donors (Lipinski definition) is 1. The number of carbonyl (C=O) groups is 2. The standard InChI is InChI=1S/C30H29FN6O3/c1-3-22-14-24(19-7-5-4-6-8-19)27(35(22)2)28(38)29(39)34-21-9-10-25-26(13-21)40-18-23-17-36(11-12-37(23)25)30-32-15-20(31)16-33-30/h4-10,13-16,23H,3,11-12,17-18H2,1-2H3,(H,34,39). The van der Waals surface area contributed by atoms with Gasteiger partial charge in [-0.3, -0.25) is 9.59 Å². The summed E-state index contributed by atoms with van der Waals surface area (Å²) in [5.74, 6) is -0.631. The number of Topliss-reactive ketones (excluding diaryl/α,β-unsaturated/α-hetero) is 1. The van der Waals surface area contributed by atoms with E-state index in [0.717, 1.165) is 28.9 Å². The highest BCUT2D eigenvalue weighted by atomic mass is 19.1. The van der Waals surface area contributed by atoms with Gasteiger partial charge >= 0.3 is 0 Å². The van der Waals surface area contributed by atoms with E-state index in [1.165, 1.54) is 12.4 Å². The first-order valence-corrected chi connectivity index (χ1v) is 13.3. The summed E-state index contributed by atoms with van der Waals surface area (Å²) < 4.78 is 21.1. The zero-order valence-corrected chi connectivity index (χ0v) is 22.3. The number of carbonyl (C=O) groups excluding carboxylic acids is 2. The highest BCUT2D eigenvalue weighted by Gasteiger charge is 2.34. The lowest BCUT2D eigenvalue weighted by Crippen LogP contribution is -2.57. The molecule has 0 aliphatic carbocycles. The van der Waals surface area contributed by atoms with Gasteiger partial charge in [-0.2, -0.15) is 0 Å². The van der Waals surface area contributed by atoms with Crippen LogP contribution >= 0.6 is 0 Å². The first-order chi connectivity index (χ1) is 19.4. The Morgan fingerprint density at radius 3 is 2.60 bits per heavy atom. The van der Waals surface area contributed by atoms with Crippen molar-refractivity contribution < 1.29 is 18.7 Å². The van der Waals surface area contributed by atoms with Gasteiger partial charge in [0.1, 0.15) is 18.1 Å². The molecule has 0 saturated carbocycles. The van der Waals surface area contributed by atoms with Crippen molar-refractivity contribution in [1.82, 2.24) is 14.5 Å². The minimum atomic E-state index is -0.706. The van der Waals surface area contributed by atoms with E-state index in [2.05, 4.69) is 20.2 Å². The lowest BCUT2D eigenvalue weighted by Gasteiger charge is -2.45. The summed E-state index contributed by atoms with van der Waals surface area (Å²) in [6.45, 7) is 4.48. The number of aromatic nitrogens is 3. The van der Waals surface area contributed by atoms with Gasteiger partial charge in [0.05, 0.1) is 24.1 Å². The summed E-state index contributed by atoms with van der Waals surface area (Å²) in [5, 5.41) is 2.77. The molecular formula is C30H29FN6O3. The van der Waals surface area contributed by atoms with Gasteiger partial charge in [0.15, 0.2) is 5.82 Å². The molecule has 0 radical (unpaired) electrons. The molecule has 10 heteroatoms. The van der Waals surface area contributed by atoms with Crippen LogP contribution in [-0.2, 0) is 18.3 Å². The van der Waals surface area contributed by atoms with E-state index in [9.17, 15) is 14.0 Å². The molecule has 4 heterocycles. The third-order valence-corrected chi connectivity index (χ3v) is 7.53. The van der Waals surface area contributed by atoms with Crippen LogP contribution in [0.4, 0.5) is 21.7 Å². The highest BCUT2D eigenvalue weighted by molar-refractivity contribution is 6.47. The molecule has 2 aromatic heterocycles. The van der Waals surface area contributed by atoms with Crippen molar-refractivity contribution in [3.05, 3.63) is 84.2 Å². The topological polar surface area (TPSA) is 92.6 Å². The van der Waals surface area contributed by atoms with Crippen LogP contribution in [0, 0.1) is 5.82 Å². The molecule has 0 spiro atoms. The first kappa shape index (κ1) is 25.5. The fourth-order valence-corrected chi connectivity index (χ4v) is 5.50. The maximum atomic E-state index is 13.4. The average Bonchev–Trinajstić information content (AvgIpc) is 3.33. The van der Waals surface area contributed by atoms with Gasteiger partial charge in [-0.05, 0) is 30.2 Å². The Morgan fingerprint density at radius 1 is 1.07 bits per heavy atom. The highest BCUT2D eigenvalue weighted by Crippen LogP contribution is 2.38. The number of nitrogens with one attached hydrogen (secondary N) is 1. The second-order valence-corrected chi connectivity index (χ2v) is 9.95. The molecule has 1 fully saturated rings. The number of fused-ring (bicyclic) bond motifs is 3. The molecule has 1 saturated heterocycles. The van der Waals surface area contributed by atoms with Crippen LogP contribution in [0.25, 0.3) is 11.1 Å². The Kier molecular flexibility index (Phi) is 6.67. The Hall–Kier alpha value is -4.73. The zero-order chi connectivity index (χ0) is 27.8. The van der Waals surface area contributed by atoms with E-state index >= 15 is 0 Å². The van der Waals surface area contributed by atoms with Crippen molar-refractivity contribution in [2.75, 3.05) is 41.4 Å². The fraction of sp³-hybridized carbons (Fsp3) is 0.267. The number of nitrogens with zero attached hydrogens (tertiary/aromatic N) is 5. The van der Waals surface area contributed by atoms with Crippen molar-refractivity contribution in [2.24, 2.45) is 7.05 Å². The van der Waals surface area contributed by atoms with E-state index in [1.54, 1.807) is 16.7 Å². The predicted octanol–water partition coefficient (Wildman–Crippen LogP) is 4.09. The van der Waals surface area contributed by atoms with Crippen molar-refractivity contribution in [2.45, 2.75) is 19.4 Å². The minimum absolute atomic E-state index is 0.0680. The number of ketones is 1. The Morgan fingerprint density at radius 2 is 1.85 bits per heavy atom. The molecule has 6 rings (SSSR count). The van der Waals surface area contributed by atoms with Crippen molar-refractivity contribution in [3.8, 4) is 16.9 Å². The van der Waals surface area contributed by atoms with E-state index in [-0.39, 0.29) is 6.04 Å². The Labute approximate surface area is 231 Å². The summed E-state index contributed by atoms with van der Waals surface area (Å²) in [7, 11) is 1.82. The normalized spacial score (nSPS) is 16.1. The monoisotopic (exact) mass is 540 g/mol. The molecule has 2 aliphatic rings. The number of benzene rings is 2. The number of anilines is 3. The molecule has 40 heavy (non-hydrogen) atoms. The number of rotatable bonds is 6. The molecule has 4 aromatic rings. The molecular weight excluding hydrogens is 511 g/mol. The average molecular weight is 541 g/mol. The molecule has 1 unspecified atom stereocenters. The predicted molar refractivity (Wildman–Crippen MR) is 150 cm³/mol. The molecule has 2 aromatic carbocycles. The third-order valence-electron chi connectivity index (χ3n) is 7.53. The summed E-state index contributed by atoms with van der Waals surface area (Å²) in [6.07, 6.45) is 3.08. The lowest BCUT2D eigenvalue weighted by atomic mass is 10.0. The van der Waals surface area contributed by atoms with Crippen LogP contribution in [0.3, 0.4) is 0 Å². The maximum absolute atomic E-state index is 13.4. The Bertz CT molecular complexity index is 1570. The van der Waals surface area contributed by atoms with Gasteiger partial charge in [0, 0.05) is 49.7 Å². The van der Waals surface area contributed by atoms with E-state index < -0.39 is 17.5 Å². The van der Waals surface area contributed by atoms with E-state index in [0.29, 0.717) is 49.3 Å². The summed E-state index contributed by atoms with van der Waals surface area (Å²) in [4.78, 5) is 39.1. The fourth-order valence-electron chi connectivity index (χ4n) is 5.50. The van der Waals surface area contributed by atoms with Gasteiger partial charge in [0.2, 0.25) is 5.95 Å². The molecule has 2 aliphatic heterocycles. The van der Waals surface area contributed by atoms with Gasteiger partial charge in [-0.1, -0.05) is 37.3 Å². The van der Waals surface area contributed by atoms with Crippen LogP contribution in [0.1, 0.15) is 23.1 Å². The van der Waals surface area contributed by atoms with Crippen LogP contribution in [0.2, 0.25) is 0 Å². The minimum Gasteiger partial charge on any atom is -0.489 e. The van der Waals surface area contributed by atoms with Crippen molar-refractivity contribution in [1.29, 1.82) is 0 Å². The number of piperazine rings is 1. The van der Waals surface area contributed by atoms with Gasteiger partial charge in [-0.15, -0.1) is 0 Å². The smallest absolute Gasteiger partial charge is 0.298 e. The largest absolute Gasteiger partial charge is 0.489 e. The molecule has 0 bridgehead atoms. The second kappa shape index (κ2) is 10.4. The quantitative estimate of drug-likeness (QED) is 0.291. The SMILES string of the molecule is CCc1cc(-c2ccccc2)c(C(=O)C(=O)Nc2ccc3c(c2)OCC2CN(c4ncc(F)cn4)CCN32)n1C. The molecule has 204 valence electrons. The Balaban J connectivity index is 1.18. The van der Waals surface area contributed by atoms with Crippen LogP contribution in [0.15, 0.2) is 67.0 Å². The third kappa shape index (κ3) is 4.66. The van der Waals surface area contributed by atoms with Crippen LogP contribution < -0.4 is 19.9 Å². The number of aryl methyl sites for hydroxylation is 1. The van der Waals surface area contributed by atoms with Crippen molar-refractivity contribution in [3.63, 3.8) is 0 Å². The molecule has 1 N–H and O–H groups in total. The molecule has 9 nitrogen and oxygen atoms in total. The number of hydrogen-bond acceptors (Lipinski definition) is 7. The molecule has 1 atom stereocenters.